The molecule has 31 heavy (non-hydrogen) atoms. The molecule has 0 aromatic carbocycles. The van der Waals surface area contributed by atoms with Gasteiger partial charge in [0.25, 0.3) is 0 Å². The van der Waals surface area contributed by atoms with Gasteiger partial charge >= 0.3 is 5.97 Å². The summed E-state index contributed by atoms with van der Waals surface area (Å²) in [5, 5.41) is 24.2. The van der Waals surface area contributed by atoms with Gasteiger partial charge in [-0.3, -0.25) is 9.78 Å². The topological polar surface area (TPSA) is 98.3 Å². The van der Waals surface area contributed by atoms with Crippen molar-refractivity contribution in [1.29, 1.82) is 0 Å². The highest BCUT2D eigenvalue weighted by molar-refractivity contribution is 8.00. The highest BCUT2D eigenvalue weighted by Crippen LogP contribution is 2.23. The Bertz CT molecular complexity index is 686. The van der Waals surface area contributed by atoms with E-state index in [1.54, 1.807) is 0 Å². The quantitative estimate of drug-likeness (QED) is 0.450. The summed E-state index contributed by atoms with van der Waals surface area (Å²) in [4.78, 5) is 17.0. The molecule has 5 N–H and O–H groups in total. The maximum atomic E-state index is 11.1. The molecular formula is C23H37N5O2S. The van der Waals surface area contributed by atoms with E-state index < -0.39 is 5.97 Å². The molecule has 2 saturated carbocycles. The Kier molecular flexibility index (Phi) is 8.61. The minimum Gasteiger partial charge on any atom is -0.481 e. The molecule has 2 aliphatic carbocycles. The summed E-state index contributed by atoms with van der Waals surface area (Å²) in [5.41, 5.74) is 2.01. The van der Waals surface area contributed by atoms with Crippen molar-refractivity contribution in [3.63, 3.8) is 0 Å². The Morgan fingerprint density at radius 3 is 1.74 bits per heavy atom. The fraction of sp³-hybridized carbons (Fsp3) is 0.739. The molecule has 0 saturated heterocycles. The number of fused-ring (bicyclic) bond motifs is 4. The Balaban J connectivity index is 1.53. The van der Waals surface area contributed by atoms with E-state index in [-0.39, 0.29) is 5.75 Å². The maximum absolute atomic E-state index is 11.1. The van der Waals surface area contributed by atoms with Crippen LogP contribution in [0.2, 0.25) is 0 Å². The third-order valence-electron chi connectivity index (χ3n) is 6.83. The van der Waals surface area contributed by atoms with Gasteiger partial charge < -0.3 is 26.4 Å². The molecule has 3 aliphatic rings. The van der Waals surface area contributed by atoms with Crippen molar-refractivity contribution in [3.8, 4) is 0 Å². The van der Waals surface area contributed by atoms with Gasteiger partial charge in [-0.05, 0) is 37.8 Å². The second-order valence-corrected chi connectivity index (χ2v) is 10.2. The molecule has 4 atom stereocenters. The van der Waals surface area contributed by atoms with Crippen LogP contribution in [0, 0.1) is 0 Å². The second kappa shape index (κ2) is 11.6. The maximum Gasteiger partial charge on any atom is 0.313 e. The minimum atomic E-state index is -0.785. The number of rotatable bonds is 3. The van der Waals surface area contributed by atoms with Gasteiger partial charge in [0.05, 0.1) is 17.1 Å². The van der Waals surface area contributed by atoms with E-state index in [1.165, 1.54) is 63.1 Å². The summed E-state index contributed by atoms with van der Waals surface area (Å²) >= 11 is 1.38. The Morgan fingerprint density at radius 1 is 0.839 bits per heavy atom. The predicted molar refractivity (Wildman–Crippen MR) is 124 cm³/mol. The molecule has 2 bridgehead atoms. The summed E-state index contributed by atoms with van der Waals surface area (Å²) in [6, 6.07) is 6.03. The van der Waals surface area contributed by atoms with Crippen molar-refractivity contribution in [1.82, 2.24) is 26.3 Å². The fourth-order valence-corrected chi connectivity index (χ4v) is 5.98. The zero-order valence-electron chi connectivity index (χ0n) is 18.4. The highest BCUT2D eigenvalue weighted by atomic mass is 32.2. The minimum absolute atomic E-state index is 0.0764. The van der Waals surface area contributed by atoms with Gasteiger partial charge in [0, 0.05) is 55.2 Å². The van der Waals surface area contributed by atoms with Crippen LogP contribution in [0.1, 0.15) is 62.8 Å². The zero-order chi connectivity index (χ0) is 21.5. The Hall–Kier alpha value is -1.19. The van der Waals surface area contributed by atoms with Gasteiger partial charge in [-0.2, -0.15) is 0 Å². The molecule has 1 aromatic heterocycles. The Labute approximate surface area is 189 Å². The molecule has 1 aliphatic heterocycles. The number of nitrogens with one attached hydrogen (secondary N) is 4. The number of nitrogens with zero attached hydrogens (tertiary/aromatic N) is 1. The lowest BCUT2D eigenvalue weighted by atomic mass is 9.89. The molecule has 0 radical (unpaired) electrons. The number of hydrogen-bond acceptors (Lipinski definition) is 7. The van der Waals surface area contributed by atoms with E-state index in [2.05, 4.69) is 33.4 Å². The highest BCUT2D eigenvalue weighted by Gasteiger charge is 2.26. The molecule has 2 fully saturated rings. The third-order valence-corrected chi connectivity index (χ3v) is 7.79. The molecule has 1 aromatic rings. The molecule has 1 unspecified atom stereocenters. The normalized spacial score (nSPS) is 30.3. The third kappa shape index (κ3) is 6.89. The number of hydrogen-bond donors (Lipinski definition) is 5. The number of carboxylic acid groups (broad SMARTS) is 1. The molecule has 172 valence electrons. The van der Waals surface area contributed by atoms with Gasteiger partial charge in [-0.1, -0.05) is 25.7 Å². The summed E-state index contributed by atoms with van der Waals surface area (Å²) in [6.07, 6.45) is 9.96. The van der Waals surface area contributed by atoms with Crippen LogP contribution in [0.4, 0.5) is 0 Å². The number of aromatic nitrogens is 1. The average molecular weight is 448 g/mol. The van der Waals surface area contributed by atoms with E-state index in [1.807, 2.05) is 0 Å². The molecular weight excluding hydrogens is 410 g/mol. The molecule has 4 rings (SSSR count). The average Bonchev–Trinajstić information content (AvgIpc) is 2.79. The van der Waals surface area contributed by atoms with Gasteiger partial charge in [0.1, 0.15) is 0 Å². The van der Waals surface area contributed by atoms with Crippen molar-refractivity contribution in [2.75, 3.05) is 18.8 Å². The first kappa shape index (κ1) is 23.0. The molecule has 2 heterocycles. The SMILES string of the molecule is O=C(O)CSc1cc2nc(c1)CN[C@@H]1CCCC[C@H]1NCCNC1CCCC[C@H]1NC2. The first-order valence-corrected chi connectivity index (χ1v) is 12.9. The molecule has 0 spiro atoms. The van der Waals surface area contributed by atoms with Crippen molar-refractivity contribution in [2.45, 2.75) is 93.5 Å². The lowest BCUT2D eigenvalue weighted by molar-refractivity contribution is -0.133. The first-order valence-electron chi connectivity index (χ1n) is 12.0. The number of aliphatic carboxylic acids is 1. The second-order valence-electron chi connectivity index (χ2n) is 9.13. The van der Waals surface area contributed by atoms with Crippen LogP contribution < -0.4 is 21.3 Å². The van der Waals surface area contributed by atoms with Crippen LogP contribution in [0.25, 0.3) is 0 Å². The summed E-state index contributed by atoms with van der Waals surface area (Å²) in [7, 11) is 0. The van der Waals surface area contributed by atoms with Gasteiger partial charge in [0.15, 0.2) is 0 Å². The van der Waals surface area contributed by atoms with Gasteiger partial charge in [-0.25, -0.2) is 0 Å². The van der Waals surface area contributed by atoms with Crippen LogP contribution in [0.3, 0.4) is 0 Å². The fourth-order valence-electron chi connectivity index (χ4n) is 5.25. The van der Waals surface area contributed by atoms with Crippen LogP contribution in [0.15, 0.2) is 17.0 Å². The van der Waals surface area contributed by atoms with Crippen molar-refractivity contribution < 1.29 is 9.90 Å². The molecule has 7 nitrogen and oxygen atoms in total. The van der Waals surface area contributed by atoms with E-state index in [4.69, 9.17) is 10.1 Å². The zero-order valence-corrected chi connectivity index (χ0v) is 19.2. The summed E-state index contributed by atoms with van der Waals surface area (Å²) < 4.78 is 0. The van der Waals surface area contributed by atoms with Crippen molar-refractivity contribution in [3.05, 3.63) is 23.5 Å². The van der Waals surface area contributed by atoms with Crippen LogP contribution in [-0.2, 0) is 17.9 Å². The monoisotopic (exact) mass is 447 g/mol. The number of carbonyl (C=O) groups is 1. The molecule has 8 heteroatoms. The predicted octanol–water partition coefficient (Wildman–Crippen LogP) is 2.25. The van der Waals surface area contributed by atoms with E-state index in [0.29, 0.717) is 24.2 Å². The number of carboxylic acids is 1. The van der Waals surface area contributed by atoms with E-state index in [0.717, 1.165) is 42.5 Å². The largest absolute Gasteiger partial charge is 0.481 e. The van der Waals surface area contributed by atoms with Crippen molar-refractivity contribution in [2.24, 2.45) is 0 Å². The Morgan fingerprint density at radius 2 is 1.29 bits per heavy atom. The lowest BCUT2D eigenvalue weighted by Gasteiger charge is -2.34. The number of thioether (sulfide) groups is 1. The first-order chi connectivity index (χ1) is 15.2. The summed E-state index contributed by atoms with van der Waals surface area (Å²) in [5.74, 6) is -0.709. The van der Waals surface area contributed by atoms with E-state index >= 15 is 0 Å². The van der Waals surface area contributed by atoms with Gasteiger partial charge in [0.2, 0.25) is 0 Å². The van der Waals surface area contributed by atoms with Crippen LogP contribution in [-0.4, -0.2) is 59.1 Å². The standard InChI is InChI=1S/C23H37N5O2S/c29-23(30)15-31-18-11-16-13-26-21-7-3-1-5-19(21)24-9-10-25-20-6-2-4-8-22(20)27-14-17(12-18)28-16/h11-12,19-22,24-27H,1-10,13-15H2,(H,29,30)/t19-,20?,21-,22-/m1/s1. The van der Waals surface area contributed by atoms with Crippen LogP contribution >= 0.6 is 11.8 Å². The van der Waals surface area contributed by atoms with Crippen molar-refractivity contribution >= 4 is 17.7 Å². The smallest absolute Gasteiger partial charge is 0.313 e. The van der Waals surface area contributed by atoms with E-state index in [9.17, 15) is 4.79 Å². The van der Waals surface area contributed by atoms with Gasteiger partial charge in [-0.15, -0.1) is 11.8 Å². The van der Waals surface area contributed by atoms with Crippen LogP contribution in [0.5, 0.6) is 0 Å². The molecule has 0 amide bonds. The lowest BCUT2D eigenvalue weighted by Crippen LogP contribution is -2.53. The number of pyridine rings is 1. The summed E-state index contributed by atoms with van der Waals surface area (Å²) in [6.45, 7) is 3.46.